The number of halogens is 1. The van der Waals surface area contributed by atoms with Crippen LogP contribution in [0.2, 0.25) is 0 Å². The molecule has 0 spiro atoms. The Labute approximate surface area is 126 Å². The summed E-state index contributed by atoms with van der Waals surface area (Å²) in [5, 5.41) is 21.9. The summed E-state index contributed by atoms with van der Waals surface area (Å²) in [5.74, 6) is 0.398. The molecule has 1 N–H and O–H groups in total. The molecular formula is C13H11BrNO4P. The molecule has 0 saturated carbocycles. The zero-order valence-corrected chi connectivity index (χ0v) is 13.2. The molecule has 0 amide bonds. The second-order valence-electron chi connectivity index (χ2n) is 4.00. The normalized spacial score (nSPS) is 10.3. The molecule has 0 aliphatic carbocycles. The number of rotatable bonds is 3. The summed E-state index contributed by atoms with van der Waals surface area (Å²) in [5.41, 5.74) is 0.640. The van der Waals surface area contributed by atoms with E-state index < -0.39 is 4.92 Å². The number of phenols is 1. The van der Waals surface area contributed by atoms with E-state index in [9.17, 15) is 15.2 Å². The number of nitrogens with zero attached hydrogens (tertiary/aromatic N) is 1. The average Bonchev–Trinajstić information content (AvgIpc) is 2.39. The zero-order valence-electron chi connectivity index (χ0n) is 10.5. The van der Waals surface area contributed by atoms with Crippen molar-refractivity contribution in [3.63, 3.8) is 0 Å². The van der Waals surface area contributed by atoms with Crippen LogP contribution in [0, 0.1) is 10.1 Å². The van der Waals surface area contributed by atoms with Crippen LogP contribution in [-0.4, -0.2) is 17.1 Å². The lowest BCUT2D eigenvalue weighted by atomic mass is 10.0. The first-order valence-corrected chi connectivity index (χ1v) is 6.92. The van der Waals surface area contributed by atoms with Crippen molar-refractivity contribution in [2.75, 3.05) is 7.11 Å². The lowest BCUT2D eigenvalue weighted by molar-refractivity contribution is -0.384. The number of methoxy groups -OCH3 is 1. The Bertz CT molecular complexity index is 667. The molecule has 0 radical (unpaired) electrons. The monoisotopic (exact) mass is 355 g/mol. The smallest absolute Gasteiger partial charge is 0.278 e. The van der Waals surface area contributed by atoms with Gasteiger partial charge in [-0.15, -0.1) is 9.24 Å². The second kappa shape index (κ2) is 5.77. The molecule has 2 rings (SSSR count). The van der Waals surface area contributed by atoms with Crippen molar-refractivity contribution in [1.82, 2.24) is 0 Å². The van der Waals surface area contributed by atoms with Crippen molar-refractivity contribution < 1.29 is 14.8 Å². The molecule has 104 valence electrons. The number of phenolic OH excluding ortho intramolecular Hbond substituents is 1. The van der Waals surface area contributed by atoms with Gasteiger partial charge < -0.3 is 9.84 Å². The Balaban J connectivity index is 2.78. The molecule has 2 aromatic rings. The number of benzene rings is 2. The van der Waals surface area contributed by atoms with Crippen LogP contribution in [0.15, 0.2) is 34.8 Å². The lowest BCUT2D eigenvalue weighted by Gasteiger charge is -2.12. The molecule has 7 heteroatoms. The number of hydrogen-bond acceptors (Lipinski definition) is 4. The minimum atomic E-state index is -0.478. The van der Waals surface area contributed by atoms with Gasteiger partial charge in [-0.2, -0.15) is 0 Å². The minimum absolute atomic E-state index is 0.0793. The Morgan fingerprint density at radius 1 is 1.35 bits per heavy atom. The molecule has 5 nitrogen and oxygen atoms in total. The van der Waals surface area contributed by atoms with Gasteiger partial charge in [-0.3, -0.25) is 10.1 Å². The predicted octanol–water partition coefficient (Wildman–Crippen LogP) is 3.24. The topological polar surface area (TPSA) is 72.6 Å². The van der Waals surface area contributed by atoms with E-state index in [-0.39, 0.29) is 11.4 Å². The first kappa shape index (κ1) is 14.8. The SMILES string of the molecule is COc1cc(O)c(-c2c(Br)cccc2[N+](=O)[O-])c(P)c1. The third kappa shape index (κ3) is 2.62. The molecule has 0 aliphatic rings. The molecule has 0 bridgehead atoms. The van der Waals surface area contributed by atoms with Crippen LogP contribution in [-0.2, 0) is 0 Å². The quantitative estimate of drug-likeness (QED) is 0.521. The molecule has 0 saturated heterocycles. The van der Waals surface area contributed by atoms with Crippen LogP contribution < -0.4 is 10.0 Å². The van der Waals surface area contributed by atoms with Gasteiger partial charge in [0.05, 0.1) is 17.6 Å². The number of nitro benzene ring substituents is 1. The summed E-state index contributed by atoms with van der Waals surface area (Å²) >= 11 is 3.30. The fourth-order valence-electron chi connectivity index (χ4n) is 1.92. The van der Waals surface area contributed by atoms with Crippen molar-refractivity contribution in [2.45, 2.75) is 0 Å². The van der Waals surface area contributed by atoms with Crippen LogP contribution in [0.4, 0.5) is 5.69 Å². The summed E-state index contributed by atoms with van der Waals surface area (Å²) in [6.07, 6.45) is 0. The molecule has 1 atom stereocenters. The fraction of sp³-hybridized carbons (Fsp3) is 0.0769. The first-order chi connectivity index (χ1) is 9.45. The van der Waals surface area contributed by atoms with Crippen molar-refractivity contribution in [3.8, 4) is 22.6 Å². The van der Waals surface area contributed by atoms with Crippen LogP contribution in [0.3, 0.4) is 0 Å². The Kier molecular flexibility index (Phi) is 4.26. The summed E-state index contributed by atoms with van der Waals surface area (Å²) in [6, 6.07) is 7.77. The van der Waals surface area contributed by atoms with Crippen molar-refractivity contribution in [3.05, 3.63) is 44.9 Å². The number of nitro groups is 1. The summed E-state index contributed by atoms with van der Waals surface area (Å²) < 4.78 is 5.59. The zero-order chi connectivity index (χ0) is 14.9. The maximum atomic E-state index is 11.2. The van der Waals surface area contributed by atoms with Crippen LogP contribution >= 0.6 is 25.2 Å². The predicted molar refractivity (Wildman–Crippen MR) is 83.8 cm³/mol. The third-order valence-electron chi connectivity index (χ3n) is 2.80. The average molecular weight is 356 g/mol. The number of aromatic hydroxyl groups is 1. The fourth-order valence-corrected chi connectivity index (χ4v) is 2.94. The van der Waals surface area contributed by atoms with E-state index in [0.717, 1.165) is 0 Å². The van der Waals surface area contributed by atoms with E-state index in [2.05, 4.69) is 25.2 Å². The Morgan fingerprint density at radius 2 is 2.05 bits per heavy atom. The Morgan fingerprint density at radius 3 is 2.60 bits per heavy atom. The maximum Gasteiger partial charge on any atom is 0.278 e. The van der Waals surface area contributed by atoms with Gasteiger partial charge >= 0.3 is 0 Å². The van der Waals surface area contributed by atoms with Crippen molar-refractivity contribution in [1.29, 1.82) is 0 Å². The van der Waals surface area contributed by atoms with E-state index in [4.69, 9.17) is 4.74 Å². The van der Waals surface area contributed by atoms with E-state index in [0.29, 0.717) is 26.7 Å². The molecule has 0 aromatic heterocycles. The molecule has 2 aromatic carbocycles. The molecule has 0 heterocycles. The summed E-state index contributed by atoms with van der Waals surface area (Å²) in [7, 11) is 3.94. The minimum Gasteiger partial charge on any atom is -0.507 e. The molecule has 20 heavy (non-hydrogen) atoms. The highest BCUT2D eigenvalue weighted by molar-refractivity contribution is 9.10. The van der Waals surface area contributed by atoms with Crippen LogP contribution in [0.1, 0.15) is 0 Å². The van der Waals surface area contributed by atoms with E-state index >= 15 is 0 Å². The molecule has 0 aliphatic heterocycles. The molecule has 0 fully saturated rings. The first-order valence-electron chi connectivity index (χ1n) is 5.55. The van der Waals surface area contributed by atoms with E-state index in [1.807, 2.05) is 0 Å². The largest absolute Gasteiger partial charge is 0.507 e. The number of ether oxygens (including phenoxy) is 1. The van der Waals surface area contributed by atoms with Gasteiger partial charge in [0.2, 0.25) is 0 Å². The highest BCUT2D eigenvalue weighted by Gasteiger charge is 2.23. The van der Waals surface area contributed by atoms with Gasteiger partial charge in [0.1, 0.15) is 11.5 Å². The van der Waals surface area contributed by atoms with Gasteiger partial charge in [0.25, 0.3) is 5.69 Å². The van der Waals surface area contributed by atoms with Gasteiger partial charge in [-0.25, -0.2) is 0 Å². The summed E-state index contributed by atoms with van der Waals surface area (Å²) in [4.78, 5) is 10.7. The maximum absolute atomic E-state index is 11.2. The standard InChI is InChI=1S/C13H11BrNO4P/c1-19-7-5-10(16)13(11(20)6-7)12-8(14)3-2-4-9(12)15(17)18/h2-6,16H,20H2,1H3. The molecule has 1 unspecified atom stereocenters. The third-order valence-corrected chi connectivity index (χ3v) is 3.91. The van der Waals surface area contributed by atoms with E-state index in [1.54, 1.807) is 18.2 Å². The van der Waals surface area contributed by atoms with Crippen molar-refractivity contribution >= 4 is 36.2 Å². The van der Waals surface area contributed by atoms with Gasteiger partial charge in [-0.05, 0) is 33.4 Å². The highest BCUT2D eigenvalue weighted by Crippen LogP contribution is 2.41. The lowest BCUT2D eigenvalue weighted by Crippen LogP contribution is -2.02. The number of hydrogen-bond donors (Lipinski definition) is 1. The summed E-state index contributed by atoms with van der Waals surface area (Å²) in [6.45, 7) is 0. The Hall–Kier alpha value is -1.65. The molecular weight excluding hydrogens is 345 g/mol. The van der Waals surface area contributed by atoms with Crippen molar-refractivity contribution in [2.24, 2.45) is 0 Å². The second-order valence-corrected chi connectivity index (χ2v) is 5.48. The van der Waals surface area contributed by atoms with Crippen LogP contribution in [0.5, 0.6) is 11.5 Å². The van der Waals surface area contributed by atoms with Gasteiger partial charge in [0, 0.05) is 22.2 Å². The van der Waals surface area contributed by atoms with Crippen LogP contribution in [0.25, 0.3) is 11.1 Å². The van der Waals surface area contributed by atoms with Gasteiger partial charge in [-0.1, -0.05) is 6.07 Å². The van der Waals surface area contributed by atoms with Gasteiger partial charge in [0.15, 0.2) is 0 Å². The van der Waals surface area contributed by atoms with E-state index in [1.165, 1.54) is 19.2 Å². The highest BCUT2D eigenvalue weighted by atomic mass is 79.9.